The van der Waals surface area contributed by atoms with E-state index in [9.17, 15) is 13.2 Å². The van der Waals surface area contributed by atoms with E-state index in [1.54, 1.807) is 11.3 Å². The lowest BCUT2D eigenvalue weighted by atomic mass is 10.2. The van der Waals surface area contributed by atoms with E-state index < -0.39 is 11.7 Å². The second-order valence-electron chi connectivity index (χ2n) is 3.83. The van der Waals surface area contributed by atoms with E-state index in [2.05, 4.69) is 5.32 Å². The molecule has 0 amide bonds. The SMILES string of the molecule is FC(F)(F)c1ccc(NCCc2cccs2)cc1. The summed E-state index contributed by atoms with van der Waals surface area (Å²) >= 11 is 1.68. The van der Waals surface area contributed by atoms with Crippen molar-refractivity contribution in [2.75, 3.05) is 11.9 Å². The summed E-state index contributed by atoms with van der Waals surface area (Å²) in [6, 6.07) is 9.12. The Bertz CT molecular complexity index is 474. The summed E-state index contributed by atoms with van der Waals surface area (Å²) in [5, 5.41) is 5.11. The van der Waals surface area contributed by atoms with E-state index in [-0.39, 0.29) is 0 Å². The van der Waals surface area contributed by atoms with Crippen LogP contribution in [0.2, 0.25) is 0 Å². The van der Waals surface area contributed by atoms with Crippen LogP contribution in [0.4, 0.5) is 18.9 Å². The maximum atomic E-state index is 12.3. The fourth-order valence-electron chi connectivity index (χ4n) is 1.56. The Morgan fingerprint density at radius 2 is 1.78 bits per heavy atom. The van der Waals surface area contributed by atoms with Crippen molar-refractivity contribution in [2.24, 2.45) is 0 Å². The number of nitrogens with one attached hydrogen (secondary N) is 1. The molecule has 0 unspecified atom stereocenters. The van der Waals surface area contributed by atoms with Crippen molar-refractivity contribution in [1.82, 2.24) is 0 Å². The number of alkyl halides is 3. The molecule has 1 heterocycles. The van der Waals surface area contributed by atoms with E-state index >= 15 is 0 Å². The maximum absolute atomic E-state index is 12.3. The minimum absolute atomic E-state index is 0.619. The van der Waals surface area contributed by atoms with E-state index in [4.69, 9.17) is 0 Å². The minimum atomic E-state index is -4.27. The summed E-state index contributed by atoms with van der Waals surface area (Å²) in [5.41, 5.74) is 0.0888. The quantitative estimate of drug-likeness (QED) is 0.868. The zero-order valence-electron chi connectivity index (χ0n) is 9.50. The summed E-state index contributed by atoms with van der Waals surface area (Å²) in [4.78, 5) is 1.26. The number of benzene rings is 1. The summed E-state index contributed by atoms with van der Waals surface area (Å²) in [6.07, 6.45) is -3.39. The molecule has 0 fully saturated rings. The van der Waals surface area contributed by atoms with Gasteiger partial charge in [-0.2, -0.15) is 13.2 Å². The molecule has 0 aliphatic heterocycles. The molecule has 2 rings (SSSR count). The van der Waals surface area contributed by atoms with E-state index in [1.165, 1.54) is 17.0 Å². The van der Waals surface area contributed by atoms with Crippen LogP contribution < -0.4 is 5.32 Å². The molecule has 2 aromatic rings. The molecular formula is C13H12F3NS. The first-order chi connectivity index (χ1) is 8.55. The van der Waals surface area contributed by atoms with E-state index in [0.717, 1.165) is 18.6 Å². The average Bonchev–Trinajstić information content (AvgIpc) is 2.82. The van der Waals surface area contributed by atoms with Gasteiger partial charge in [0.25, 0.3) is 0 Å². The summed E-state index contributed by atoms with van der Waals surface area (Å²) in [5.74, 6) is 0. The van der Waals surface area contributed by atoms with Gasteiger partial charge in [-0.15, -0.1) is 11.3 Å². The van der Waals surface area contributed by atoms with Gasteiger partial charge in [-0.1, -0.05) is 6.07 Å². The van der Waals surface area contributed by atoms with Gasteiger partial charge in [0.2, 0.25) is 0 Å². The van der Waals surface area contributed by atoms with Gasteiger partial charge in [0.05, 0.1) is 5.56 Å². The highest BCUT2D eigenvalue weighted by Crippen LogP contribution is 2.29. The fraction of sp³-hybridized carbons (Fsp3) is 0.231. The molecule has 0 bridgehead atoms. The van der Waals surface area contributed by atoms with Gasteiger partial charge in [0.15, 0.2) is 0 Å². The molecule has 0 radical (unpaired) electrons. The molecule has 1 aromatic heterocycles. The van der Waals surface area contributed by atoms with Crippen LogP contribution in [-0.4, -0.2) is 6.54 Å². The van der Waals surface area contributed by atoms with Crippen molar-refractivity contribution in [3.05, 3.63) is 52.2 Å². The largest absolute Gasteiger partial charge is 0.416 e. The van der Waals surface area contributed by atoms with Crippen LogP contribution in [0.15, 0.2) is 41.8 Å². The molecule has 0 aliphatic rings. The van der Waals surface area contributed by atoms with Crippen molar-refractivity contribution in [2.45, 2.75) is 12.6 Å². The van der Waals surface area contributed by atoms with Gasteiger partial charge in [0.1, 0.15) is 0 Å². The van der Waals surface area contributed by atoms with Crippen LogP contribution in [0, 0.1) is 0 Å². The van der Waals surface area contributed by atoms with Crippen LogP contribution in [0.3, 0.4) is 0 Å². The normalized spacial score (nSPS) is 11.5. The first-order valence-corrected chi connectivity index (χ1v) is 6.37. The van der Waals surface area contributed by atoms with Crippen LogP contribution in [0.1, 0.15) is 10.4 Å². The van der Waals surface area contributed by atoms with Gasteiger partial charge >= 0.3 is 6.18 Å². The van der Waals surface area contributed by atoms with Crippen molar-refractivity contribution in [3.8, 4) is 0 Å². The highest BCUT2D eigenvalue weighted by atomic mass is 32.1. The lowest BCUT2D eigenvalue weighted by molar-refractivity contribution is -0.137. The Hall–Kier alpha value is -1.49. The van der Waals surface area contributed by atoms with Crippen LogP contribution in [0.5, 0.6) is 0 Å². The third kappa shape index (κ3) is 3.50. The number of thiophene rings is 1. The van der Waals surface area contributed by atoms with E-state index in [0.29, 0.717) is 12.2 Å². The highest BCUT2D eigenvalue weighted by molar-refractivity contribution is 7.09. The Kier molecular flexibility index (Phi) is 3.91. The van der Waals surface area contributed by atoms with Gasteiger partial charge in [0, 0.05) is 17.1 Å². The molecule has 96 valence electrons. The average molecular weight is 271 g/mol. The number of halogens is 3. The Balaban J connectivity index is 1.87. The Morgan fingerprint density at radius 1 is 1.06 bits per heavy atom. The summed E-state index contributed by atoms with van der Waals surface area (Å²) in [7, 11) is 0. The smallest absolute Gasteiger partial charge is 0.385 e. The second-order valence-corrected chi connectivity index (χ2v) is 4.86. The van der Waals surface area contributed by atoms with Crippen LogP contribution in [0.25, 0.3) is 0 Å². The predicted octanol–water partition coefficient (Wildman–Crippen LogP) is 4.42. The van der Waals surface area contributed by atoms with Crippen molar-refractivity contribution >= 4 is 17.0 Å². The fourth-order valence-corrected chi connectivity index (χ4v) is 2.27. The number of hydrogen-bond donors (Lipinski definition) is 1. The monoisotopic (exact) mass is 271 g/mol. The van der Waals surface area contributed by atoms with Crippen molar-refractivity contribution < 1.29 is 13.2 Å². The minimum Gasteiger partial charge on any atom is -0.385 e. The lowest BCUT2D eigenvalue weighted by Gasteiger charge is -2.09. The number of hydrogen-bond acceptors (Lipinski definition) is 2. The van der Waals surface area contributed by atoms with Crippen molar-refractivity contribution in [1.29, 1.82) is 0 Å². The molecule has 1 aromatic carbocycles. The second kappa shape index (κ2) is 5.44. The maximum Gasteiger partial charge on any atom is 0.416 e. The van der Waals surface area contributed by atoms with Gasteiger partial charge in [-0.25, -0.2) is 0 Å². The molecule has 5 heteroatoms. The Morgan fingerprint density at radius 3 is 2.33 bits per heavy atom. The molecular weight excluding hydrogens is 259 g/mol. The van der Waals surface area contributed by atoms with Crippen LogP contribution >= 0.6 is 11.3 Å². The summed E-state index contributed by atoms with van der Waals surface area (Å²) in [6.45, 7) is 0.714. The highest BCUT2D eigenvalue weighted by Gasteiger charge is 2.29. The summed E-state index contributed by atoms with van der Waals surface area (Å²) < 4.78 is 37.0. The van der Waals surface area contributed by atoms with Gasteiger partial charge in [-0.05, 0) is 42.1 Å². The van der Waals surface area contributed by atoms with E-state index in [1.807, 2.05) is 17.5 Å². The topological polar surface area (TPSA) is 12.0 Å². The molecule has 1 N–H and O–H groups in total. The first-order valence-electron chi connectivity index (χ1n) is 5.49. The third-order valence-corrected chi connectivity index (χ3v) is 3.43. The lowest BCUT2D eigenvalue weighted by Crippen LogP contribution is -2.06. The standard InChI is InChI=1S/C13H12F3NS/c14-13(15,16)10-3-5-11(6-4-10)17-8-7-12-2-1-9-18-12/h1-6,9,17H,7-8H2. The number of rotatable bonds is 4. The first kappa shape index (κ1) is 13.0. The third-order valence-electron chi connectivity index (χ3n) is 2.49. The zero-order valence-corrected chi connectivity index (χ0v) is 10.3. The molecule has 0 saturated carbocycles. The number of anilines is 1. The van der Waals surface area contributed by atoms with Gasteiger partial charge in [-0.3, -0.25) is 0 Å². The predicted molar refractivity (Wildman–Crippen MR) is 68.0 cm³/mol. The molecule has 18 heavy (non-hydrogen) atoms. The zero-order chi connectivity index (χ0) is 13.0. The Labute approximate surface area is 107 Å². The van der Waals surface area contributed by atoms with Gasteiger partial charge < -0.3 is 5.32 Å². The molecule has 0 atom stereocenters. The van der Waals surface area contributed by atoms with Crippen molar-refractivity contribution in [3.63, 3.8) is 0 Å². The molecule has 0 aliphatic carbocycles. The molecule has 0 spiro atoms. The van der Waals surface area contributed by atoms with Crippen LogP contribution in [-0.2, 0) is 12.6 Å². The molecule has 0 saturated heterocycles. The molecule has 1 nitrogen and oxygen atoms in total.